The monoisotopic (exact) mass is 393 g/mol. The Balaban J connectivity index is 1.54. The van der Waals surface area contributed by atoms with Gasteiger partial charge in [-0.1, -0.05) is 24.3 Å². The number of nitrogens with one attached hydrogen (secondary N) is 2. The van der Waals surface area contributed by atoms with Gasteiger partial charge in [0.1, 0.15) is 0 Å². The molecule has 0 aliphatic carbocycles. The fourth-order valence-corrected chi connectivity index (χ4v) is 2.96. The number of benzene rings is 2. The Bertz CT molecular complexity index is 1300. The summed E-state index contributed by atoms with van der Waals surface area (Å²) in [5, 5.41) is 15.4. The van der Waals surface area contributed by atoms with Gasteiger partial charge in [0, 0.05) is 29.7 Å². The van der Waals surface area contributed by atoms with E-state index in [9.17, 15) is 9.59 Å². The first-order valence-electron chi connectivity index (χ1n) is 9.06. The van der Waals surface area contributed by atoms with E-state index < -0.39 is 11.8 Å². The van der Waals surface area contributed by atoms with E-state index in [1.165, 1.54) is 18.5 Å². The van der Waals surface area contributed by atoms with Crippen LogP contribution in [0.1, 0.15) is 26.3 Å². The van der Waals surface area contributed by atoms with Gasteiger partial charge < -0.3 is 10.6 Å². The number of carbonyl (C=O) groups excluding carboxylic acids is 2. The van der Waals surface area contributed by atoms with Gasteiger partial charge in [-0.3, -0.25) is 19.6 Å². The molecular formula is C23H15N5O2. The summed E-state index contributed by atoms with van der Waals surface area (Å²) in [4.78, 5) is 33.6. The van der Waals surface area contributed by atoms with Crippen LogP contribution >= 0.6 is 0 Å². The van der Waals surface area contributed by atoms with E-state index in [4.69, 9.17) is 5.26 Å². The molecule has 7 heteroatoms. The van der Waals surface area contributed by atoms with Crippen LogP contribution in [0.15, 0.2) is 79.3 Å². The van der Waals surface area contributed by atoms with Gasteiger partial charge in [0.05, 0.1) is 34.0 Å². The topological polar surface area (TPSA) is 108 Å². The van der Waals surface area contributed by atoms with E-state index in [0.29, 0.717) is 22.5 Å². The molecule has 0 spiro atoms. The van der Waals surface area contributed by atoms with Crippen LogP contribution in [-0.4, -0.2) is 21.8 Å². The standard InChI is InChI=1S/C23H15N5O2/c24-12-15-4-1-7-19(10-15)27-22(29)17-11-18(14-25-13-17)23(30)28-20-8-2-5-16-6-3-9-26-21(16)20/h1-11,13-14H,(H,27,29)(H,28,30). The fraction of sp³-hybridized carbons (Fsp3) is 0. The Morgan fingerprint density at radius 2 is 1.60 bits per heavy atom. The first-order chi connectivity index (χ1) is 14.6. The van der Waals surface area contributed by atoms with Gasteiger partial charge in [0.2, 0.25) is 0 Å². The molecule has 0 atom stereocenters. The first-order valence-corrected chi connectivity index (χ1v) is 9.06. The van der Waals surface area contributed by atoms with E-state index in [1.54, 1.807) is 36.5 Å². The lowest BCUT2D eigenvalue weighted by molar-refractivity contribution is 0.102. The van der Waals surface area contributed by atoms with Crippen molar-refractivity contribution in [1.29, 1.82) is 5.26 Å². The van der Waals surface area contributed by atoms with E-state index in [1.807, 2.05) is 30.3 Å². The zero-order valence-corrected chi connectivity index (χ0v) is 15.7. The molecule has 0 bridgehead atoms. The summed E-state index contributed by atoms with van der Waals surface area (Å²) < 4.78 is 0. The normalized spacial score (nSPS) is 10.2. The molecule has 0 unspecified atom stereocenters. The molecule has 0 radical (unpaired) electrons. The third kappa shape index (κ3) is 3.98. The van der Waals surface area contributed by atoms with Crippen molar-refractivity contribution in [3.63, 3.8) is 0 Å². The number of anilines is 2. The van der Waals surface area contributed by atoms with E-state index >= 15 is 0 Å². The minimum Gasteiger partial charge on any atom is -0.322 e. The third-order valence-corrected chi connectivity index (χ3v) is 4.39. The van der Waals surface area contributed by atoms with Gasteiger partial charge in [-0.2, -0.15) is 5.26 Å². The number of hydrogen-bond donors (Lipinski definition) is 2. The lowest BCUT2D eigenvalue weighted by Gasteiger charge is -2.09. The van der Waals surface area contributed by atoms with Crippen LogP contribution in [-0.2, 0) is 0 Å². The summed E-state index contributed by atoms with van der Waals surface area (Å²) in [6.07, 6.45) is 4.42. The second kappa shape index (κ2) is 8.20. The maximum absolute atomic E-state index is 12.7. The van der Waals surface area contributed by atoms with Crippen molar-refractivity contribution in [2.75, 3.05) is 10.6 Å². The van der Waals surface area contributed by atoms with Crippen LogP contribution in [0.2, 0.25) is 0 Å². The number of nitriles is 1. The predicted molar refractivity (Wildman–Crippen MR) is 113 cm³/mol. The molecule has 4 aromatic rings. The van der Waals surface area contributed by atoms with Crippen molar-refractivity contribution in [1.82, 2.24) is 9.97 Å². The second-order valence-electron chi connectivity index (χ2n) is 6.44. The molecule has 0 saturated heterocycles. The number of para-hydroxylation sites is 1. The molecule has 2 aromatic heterocycles. The minimum atomic E-state index is -0.431. The molecular weight excluding hydrogens is 378 g/mol. The molecule has 0 saturated carbocycles. The molecule has 0 aliphatic heterocycles. The lowest BCUT2D eigenvalue weighted by Crippen LogP contribution is -2.16. The van der Waals surface area contributed by atoms with Crippen molar-refractivity contribution >= 4 is 34.1 Å². The molecule has 2 N–H and O–H groups in total. The van der Waals surface area contributed by atoms with Gasteiger partial charge >= 0.3 is 0 Å². The zero-order chi connectivity index (χ0) is 20.9. The summed E-state index contributed by atoms with van der Waals surface area (Å²) in [5.41, 5.74) is 2.62. The van der Waals surface area contributed by atoms with Crippen LogP contribution in [0, 0.1) is 11.3 Å². The molecule has 30 heavy (non-hydrogen) atoms. The Morgan fingerprint density at radius 3 is 2.40 bits per heavy atom. The smallest absolute Gasteiger partial charge is 0.257 e. The molecule has 2 amide bonds. The number of hydrogen-bond acceptors (Lipinski definition) is 5. The highest BCUT2D eigenvalue weighted by Crippen LogP contribution is 2.21. The Morgan fingerprint density at radius 1 is 0.867 bits per heavy atom. The van der Waals surface area contributed by atoms with Crippen molar-refractivity contribution in [2.24, 2.45) is 0 Å². The number of nitrogens with zero attached hydrogens (tertiary/aromatic N) is 3. The summed E-state index contributed by atoms with van der Waals surface area (Å²) in [6.45, 7) is 0. The molecule has 2 aromatic carbocycles. The quantitative estimate of drug-likeness (QED) is 0.545. The van der Waals surface area contributed by atoms with E-state index in [2.05, 4.69) is 20.6 Å². The maximum atomic E-state index is 12.7. The maximum Gasteiger partial charge on any atom is 0.257 e. The van der Waals surface area contributed by atoms with Gasteiger partial charge in [-0.25, -0.2) is 0 Å². The molecule has 0 aliphatic rings. The summed E-state index contributed by atoms with van der Waals surface area (Å²) >= 11 is 0. The summed E-state index contributed by atoms with van der Waals surface area (Å²) in [7, 11) is 0. The second-order valence-corrected chi connectivity index (χ2v) is 6.44. The molecule has 144 valence electrons. The van der Waals surface area contributed by atoms with Gasteiger partial charge in [-0.05, 0) is 36.4 Å². The largest absolute Gasteiger partial charge is 0.322 e. The molecule has 7 nitrogen and oxygen atoms in total. The Kier molecular flexibility index (Phi) is 5.14. The zero-order valence-electron chi connectivity index (χ0n) is 15.7. The highest BCUT2D eigenvalue weighted by atomic mass is 16.2. The Labute approximate surface area is 172 Å². The van der Waals surface area contributed by atoms with E-state index in [-0.39, 0.29) is 11.1 Å². The molecule has 4 rings (SSSR count). The average molecular weight is 393 g/mol. The van der Waals surface area contributed by atoms with Crippen molar-refractivity contribution in [3.8, 4) is 6.07 Å². The third-order valence-electron chi connectivity index (χ3n) is 4.39. The average Bonchev–Trinajstić information content (AvgIpc) is 2.79. The number of aromatic nitrogens is 2. The van der Waals surface area contributed by atoms with Crippen LogP contribution in [0.3, 0.4) is 0 Å². The van der Waals surface area contributed by atoms with Crippen LogP contribution in [0.25, 0.3) is 10.9 Å². The summed E-state index contributed by atoms with van der Waals surface area (Å²) in [5.74, 6) is -0.833. The number of rotatable bonds is 4. The van der Waals surface area contributed by atoms with Crippen molar-refractivity contribution in [3.05, 3.63) is 95.9 Å². The SMILES string of the molecule is N#Cc1cccc(NC(=O)c2cncc(C(=O)Nc3cccc4cccnc34)c2)c1. The number of pyridine rings is 2. The van der Waals surface area contributed by atoms with Crippen LogP contribution in [0.4, 0.5) is 11.4 Å². The van der Waals surface area contributed by atoms with Crippen LogP contribution < -0.4 is 10.6 Å². The Hall–Kier alpha value is -4.57. The molecule has 2 heterocycles. The van der Waals surface area contributed by atoms with Crippen LogP contribution in [0.5, 0.6) is 0 Å². The number of carbonyl (C=O) groups is 2. The van der Waals surface area contributed by atoms with E-state index in [0.717, 1.165) is 5.39 Å². The number of amides is 2. The lowest BCUT2D eigenvalue weighted by atomic mass is 10.1. The van der Waals surface area contributed by atoms with Gasteiger partial charge in [0.25, 0.3) is 11.8 Å². The summed E-state index contributed by atoms with van der Waals surface area (Å²) in [6, 6.07) is 19.3. The highest BCUT2D eigenvalue weighted by Gasteiger charge is 2.13. The van der Waals surface area contributed by atoms with Crippen molar-refractivity contribution < 1.29 is 9.59 Å². The predicted octanol–water partition coefficient (Wildman–Crippen LogP) is 4.01. The minimum absolute atomic E-state index is 0.223. The van der Waals surface area contributed by atoms with Gasteiger partial charge in [-0.15, -0.1) is 0 Å². The molecule has 0 fully saturated rings. The van der Waals surface area contributed by atoms with Gasteiger partial charge in [0.15, 0.2) is 0 Å². The van der Waals surface area contributed by atoms with Crippen molar-refractivity contribution in [2.45, 2.75) is 0 Å². The fourth-order valence-electron chi connectivity index (χ4n) is 2.96. The number of fused-ring (bicyclic) bond motifs is 1. The highest BCUT2D eigenvalue weighted by molar-refractivity contribution is 6.10. The first kappa shape index (κ1) is 18.8.